The van der Waals surface area contributed by atoms with Crippen molar-refractivity contribution < 1.29 is 9.53 Å². The predicted molar refractivity (Wildman–Crippen MR) is 107 cm³/mol. The Bertz CT molecular complexity index is 722. The van der Waals surface area contributed by atoms with E-state index in [1.165, 1.54) is 9.75 Å². The Morgan fingerprint density at radius 1 is 1.23 bits per heavy atom. The molecule has 26 heavy (non-hydrogen) atoms. The molecule has 0 bridgehead atoms. The van der Waals surface area contributed by atoms with Crippen LogP contribution in [0.3, 0.4) is 0 Å². The van der Waals surface area contributed by atoms with Gasteiger partial charge >= 0.3 is 0 Å². The van der Waals surface area contributed by atoms with Gasteiger partial charge in [0.15, 0.2) is 6.61 Å². The van der Waals surface area contributed by atoms with Crippen LogP contribution < -0.4 is 10.1 Å². The minimum absolute atomic E-state index is 0.0902. The number of benzene rings is 1. The summed E-state index contributed by atoms with van der Waals surface area (Å²) in [5.74, 6) is 0.897. The number of para-hydroxylation sites is 1. The fourth-order valence-corrected chi connectivity index (χ4v) is 4.22. The minimum atomic E-state index is 0.0902. The number of carbonyl (C=O) groups excluding carboxylic acids is 1. The lowest BCUT2D eigenvalue weighted by molar-refractivity contribution is -0.132. The molecule has 0 saturated carbocycles. The summed E-state index contributed by atoms with van der Waals surface area (Å²) in [6.07, 6.45) is 3.17. The maximum Gasteiger partial charge on any atom is 0.260 e. The molecule has 5 heteroatoms. The first-order chi connectivity index (χ1) is 12.7. The third-order valence-corrected chi connectivity index (χ3v) is 5.83. The van der Waals surface area contributed by atoms with Crippen LogP contribution in [0.15, 0.2) is 36.4 Å². The summed E-state index contributed by atoms with van der Waals surface area (Å²) in [6.45, 7) is 7.00. The van der Waals surface area contributed by atoms with E-state index in [1.54, 1.807) is 0 Å². The summed E-state index contributed by atoms with van der Waals surface area (Å²) in [7, 11) is 0. The highest BCUT2D eigenvalue weighted by Crippen LogP contribution is 2.28. The lowest BCUT2D eigenvalue weighted by atomic mass is 10.0. The highest BCUT2D eigenvalue weighted by Gasteiger charge is 2.20. The third kappa shape index (κ3) is 4.86. The molecule has 1 aromatic heterocycles. The molecule has 0 radical (unpaired) electrons. The zero-order chi connectivity index (χ0) is 18.4. The fraction of sp³-hybridized carbons (Fsp3) is 0.476. The Labute approximate surface area is 160 Å². The zero-order valence-corrected chi connectivity index (χ0v) is 16.5. The molecule has 140 valence electrons. The van der Waals surface area contributed by atoms with Crippen molar-refractivity contribution >= 4 is 17.2 Å². The van der Waals surface area contributed by atoms with Crippen molar-refractivity contribution in [2.75, 3.05) is 19.7 Å². The number of hydrogen-bond donors (Lipinski definition) is 1. The third-order valence-electron chi connectivity index (χ3n) is 4.83. The quantitative estimate of drug-likeness (QED) is 0.751. The van der Waals surface area contributed by atoms with Crippen molar-refractivity contribution in [2.45, 2.75) is 45.7 Å². The fourth-order valence-electron chi connectivity index (χ4n) is 3.38. The van der Waals surface area contributed by atoms with E-state index < -0.39 is 0 Å². The van der Waals surface area contributed by atoms with Crippen LogP contribution in [-0.4, -0.2) is 30.5 Å². The smallest absolute Gasteiger partial charge is 0.260 e. The summed E-state index contributed by atoms with van der Waals surface area (Å²) in [5, 5.41) is 3.63. The molecule has 2 heterocycles. The van der Waals surface area contributed by atoms with Gasteiger partial charge in [-0.15, -0.1) is 11.3 Å². The van der Waals surface area contributed by atoms with Gasteiger partial charge in [-0.1, -0.05) is 25.1 Å². The van der Waals surface area contributed by atoms with Crippen molar-refractivity contribution in [3.63, 3.8) is 0 Å². The molecule has 1 atom stereocenters. The average molecular weight is 373 g/mol. The second-order valence-electron chi connectivity index (χ2n) is 6.77. The molecule has 2 aromatic rings. The highest BCUT2D eigenvalue weighted by atomic mass is 32.1. The Hall–Kier alpha value is -1.85. The van der Waals surface area contributed by atoms with Crippen molar-refractivity contribution in [3.8, 4) is 5.75 Å². The lowest BCUT2D eigenvalue weighted by Crippen LogP contribution is -2.32. The molecule has 1 fully saturated rings. The maximum atomic E-state index is 12.3. The number of nitrogens with one attached hydrogen (secondary N) is 1. The lowest BCUT2D eigenvalue weighted by Gasteiger charge is -2.21. The monoisotopic (exact) mass is 372 g/mol. The predicted octanol–water partition coefficient (Wildman–Crippen LogP) is 4.30. The molecule has 1 unspecified atom stereocenters. The molecule has 1 N–H and O–H groups in total. The van der Waals surface area contributed by atoms with Crippen molar-refractivity contribution in [1.29, 1.82) is 0 Å². The van der Waals surface area contributed by atoms with Crippen LogP contribution in [-0.2, 0) is 11.3 Å². The van der Waals surface area contributed by atoms with Crippen molar-refractivity contribution in [3.05, 3.63) is 51.7 Å². The molecule has 1 aliphatic rings. The first kappa shape index (κ1) is 18.9. The number of aryl methyl sites for hydroxylation is 1. The molecular formula is C21H28N2O2S. The van der Waals surface area contributed by atoms with E-state index in [0.717, 1.165) is 50.2 Å². The van der Waals surface area contributed by atoms with E-state index in [-0.39, 0.29) is 18.6 Å². The molecule has 1 saturated heterocycles. The van der Waals surface area contributed by atoms with Gasteiger partial charge in [0.2, 0.25) is 0 Å². The number of thiophene rings is 1. The van der Waals surface area contributed by atoms with E-state index in [2.05, 4.69) is 37.4 Å². The maximum absolute atomic E-state index is 12.3. The van der Waals surface area contributed by atoms with Crippen LogP contribution in [0.4, 0.5) is 0 Å². The van der Waals surface area contributed by atoms with E-state index in [1.807, 2.05) is 34.4 Å². The van der Waals surface area contributed by atoms with Gasteiger partial charge in [-0.3, -0.25) is 4.79 Å². The number of carbonyl (C=O) groups is 1. The van der Waals surface area contributed by atoms with Crippen molar-refractivity contribution in [1.82, 2.24) is 10.2 Å². The summed E-state index contributed by atoms with van der Waals surface area (Å²) >= 11 is 1.82. The molecule has 4 nitrogen and oxygen atoms in total. The summed E-state index contributed by atoms with van der Waals surface area (Å²) in [5.41, 5.74) is 1.12. The Balaban J connectivity index is 1.62. The van der Waals surface area contributed by atoms with Gasteiger partial charge in [0.25, 0.3) is 5.91 Å². The molecule has 1 aromatic carbocycles. The van der Waals surface area contributed by atoms with Crippen LogP contribution in [0.25, 0.3) is 0 Å². The molecule has 0 aliphatic carbocycles. The topological polar surface area (TPSA) is 41.6 Å². The number of rotatable bonds is 8. The summed E-state index contributed by atoms with van der Waals surface area (Å²) in [6, 6.07) is 12.6. The van der Waals surface area contributed by atoms with Gasteiger partial charge in [0, 0.05) is 41.0 Å². The van der Waals surface area contributed by atoms with Crippen molar-refractivity contribution in [2.24, 2.45) is 0 Å². The van der Waals surface area contributed by atoms with Gasteiger partial charge in [-0.25, -0.2) is 0 Å². The number of nitrogens with zero attached hydrogens (tertiary/aromatic N) is 1. The largest absolute Gasteiger partial charge is 0.483 e. The van der Waals surface area contributed by atoms with E-state index in [4.69, 9.17) is 4.74 Å². The standard InChI is InChI=1S/C21H28N2O2S/c1-3-19(22-14-17-11-10-16(2)26-17)18-8-4-5-9-20(18)25-15-21(24)23-12-6-7-13-23/h4-5,8-11,19,22H,3,6-7,12-15H2,1-2H3. The van der Waals surface area contributed by atoms with E-state index in [9.17, 15) is 4.79 Å². The Kier molecular flexibility index (Phi) is 6.69. The van der Waals surface area contributed by atoms with Gasteiger partial charge in [0.05, 0.1) is 0 Å². The van der Waals surface area contributed by atoms with Gasteiger partial charge in [-0.2, -0.15) is 0 Å². The molecule has 0 spiro atoms. The molecule has 1 aliphatic heterocycles. The second kappa shape index (κ2) is 9.19. The molecular weight excluding hydrogens is 344 g/mol. The van der Waals surface area contributed by atoms with Crippen LogP contribution in [0.5, 0.6) is 5.75 Å². The summed E-state index contributed by atoms with van der Waals surface area (Å²) < 4.78 is 5.92. The zero-order valence-electron chi connectivity index (χ0n) is 15.7. The van der Waals surface area contributed by atoms with Crippen LogP contribution in [0.2, 0.25) is 0 Å². The Morgan fingerprint density at radius 3 is 2.69 bits per heavy atom. The average Bonchev–Trinajstić information content (AvgIpc) is 3.33. The van der Waals surface area contributed by atoms with Gasteiger partial charge in [0.1, 0.15) is 5.75 Å². The van der Waals surface area contributed by atoms with Gasteiger partial charge in [-0.05, 0) is 44.4 Å². The molecule has 3 rings (SSSR count). The summed E-state index contributed by atoms with van der Waals surface area (Å²) in [4.78, 5) is 16.8. The number of hydrogen-bond acceptors (Lipinski definition) is 4. The number of amides is 1. The van der Waals surface area contributed by atoms with Crippen LogP contribution in [0, 0.1) is 6.92 Å². The highest BCUT2D eigenvalue weighted by molar-refractivity contribution is 7.11. The first-order valence-electron chi connectivity index (χ1n) is 9.45. The molecule has 1 amide bonds. The van der Waals surface area contributed by atoms with Crippen LogP contribution >= 0.6 is 11.3 Å². The van der Waals surface area contributed by atoms with E-state index in [0.29, 0.717) is 0 Å². The SMILES string of the molecule is CCC(NCc1ccc(C)s1)c1ccccc1OCC(=O)N1CCCC1. The minimum Gasteiger partial charge on any atom is -0.483 e. The number of ether oxygens (including phenoxy) is 1. The normalized spacial score (nSPS) is 15.2. The van der Waals surface area contributed by atoms with E-state index >= 15 is 0 Å². The van der Waals surface area contributed by atoms with Crippen LogP contribution in [0.1, 0.15) is 47.5 Å². The second-order valence-corrected chi connectivity index (χ2v) is 8.14. The first-order valence-corrected chi connectivity index (χ1v) is 10.3. The van der Waals surface area contributed by atoms with Gasteiger partial charge < -0.3 is 15.0 Å². The Morgan fingerprint density at radius 2 is 2.00 bits per heavy atom. The number of likely N-dealkylation sites (tertiary alicyclic amines) is 1.